The maximum atomic E-state index is 11.5. The second-order valence-electron chi connectivity index (χ2n) is 3.25. The largest absolute Gasteiger partial charge is 0.496 e. The zero-order valence-electron chi connectivity index (χ0n) is 8.86. The molecule has 1 aromatic rings. The van der Waals surface area contributed by atoms with Crippen LogP contribution in [0.5, 0.6) is 5.75 Å². The van der Waals surface area contributed by atoms with Crippen LogP contribution in [0.2, 0.25) is 0 Å². The zero-order chi connectivity index (χ0) is 11.5. The van der Waals surface area contributed by atoms with Crippen molar-refractivity contribution in [2.45, 2.75) is 11.3 Å². The molecule has 0 aliphatic rings. The Bertz CT molecular complexity index is 440. The Morgan fingerprint density at radius 2 is 2.07 bits per heavy atom. The second kappa shape index (κ2) is 4.63. The number of benzene rings is 1. The molecule has 0 bridgehead atoms. The summed E-state index contributed by atoms with van der Waals surface area (Å²) in [7, 11) is -1.71. The highest BCUT2D eigenvalue weighted by atomic mass is 32.2. The highest BCUT2D eigenvalue weighted by Gasteiger charge is 2.16. The maximum absolute atomic E-state index is 11.5. The lowest BCUT2D eigenvalue weighted by Gasteiger charge is -2.11. The number of nitrogens with two attached hydrogens (primary N) is 1. The van der Waals surface area contributed by atoms with Gasteiger partial charge in [0, 0.05) is 11.8 Å². The molecule has 0 fully saturated rings. The van der Waals surface area contributed by atoms with Crippen molar-refractivity contribution in [1.82, 2.24) is 0 Å². The van der Waals surface area contributed by atoms with Crippen molar-refractivity contribution in [3.8, 4) is 5.75 Å². The summed E-state index contributed by atoms with van der Waals surface area (Å²) in [5, 5.41) is 0. The van der Waals surface area contributed by atoms with Gasteiger partial charge in [0.2, 0.25) is 0 Å². The quantitative estimate of drug-likeness (QED) is 0.820. The minimum atomic E-state index is -3.22. The van der Waals surface area contributed by atoms with Crippen LogP contribution >= 0.6 is 0 Å². The Balaban J connectivity index is 3.38. The molecule has 5 heteroatoms. The summed E-state index contributed by atoms with van der Waals surface area (Å²) >= 11 is 0. The van der Waals surface area contributed by atoms with Crippen molar-refractivity contribution in [1.29, 1.82) is 0 Å². The van der Waals surface area contributed by atoms with Crippen LogP contribution in [-0.2, 0) is 16.3 Å². The van der Waals surface area contributed by atoms with Gasteiger partial charge in [0.05, 0.1) is 12.0 Å². The Morgan fingerprint density at radius 1 is 1.40 bits per heavy atom. The van der Waals surface area contributed by atoms with Gasteiger partial charge < -0.3 is 10.5 Å². The lowest BCUT2D eigenvalue weighted by molar-refractivity contribution is 0.407. The summed E-state index contributed by atoms with van der Waals surface area (Å²) in [5.41, 5.74) is 6.10. The van der Waals surface area contributed by atoms with Gasteiger partial charge in [-0.05, 0) is 25.1 Å². The van der Waals surface area contributed by atoms with Gasteiger partial charge in [0.1, 0.15) is 5.75 Å². The minimum Gasteiger partial charge on any atom is -0.496 e. The molecule has 0 saturated heterocycles. The van der Waals surface area contributed by atoms with Gasteiger partial charge in [-0.25, -0.2) is 8.42 Å². The average molecular weight is 229 g/mol. The zero-order valence-corrected chi connectivity index (χ0v) is 9.67. The Hall–Kier alpha value is -1.07. The van der Waals surface area contributed by atoms with Gasteiger partial charge in [-0.2, -0.15) is 0 Å². The monoisotopic (exact) mass is 229 g/mol. The molecule has 1 rings (SSSR count). The van der Waals surface area contributed by atoms with Gasteiger partial charge in [-0.1, -0.05) is 6.07 Å². The SMILES string of the molecule is COc1cccc(S(C)(=O)=O)c1CCN. The average Bonchev–Trinajstić information content (AvgIpc) is 2.17. The van der Waals surface area contributed by atoms with Gasteiger partial charge in [-0.3, -0.25) is 0 Å². The Labute approximate surface area is 90.0 Å². The van der Waals surface area contributed by atoms with Gasteiger partial charge >= 0.3 is 0 Å². The first-order valence-electron chi connectivity index (χ1n) is 4.56. The molecule has 0 unspecified atom stereocenters. The highest BCUT2D eigenvalue weighted by Crippen LogP contribution is 2.25. The van der Waals surface area contributed by atoms with E-state index in [9.17, 15) is 8.42 Å². The molecule has 0 aliphatic carbocycles. The summed E-state index contributed by atoms with van der Waals surface area (Å²) in [6, 6.07) is 4.97. The van der Waals surface area contributed by atoms with Crippen LogP contribution in [-0.4, -0.2) is 28.3 Å². The fourth-order valence-electron chi connectivity index (χ4n) is 1.47. The summed E-state index contributed by atoms with van der Waals surface area (Å²) in [4.78, 5) is 0.298. The van der Waals surface area contributed by atoms with E-state index in [1.54, 1.807) is 18.2 Å². The third-order valence-electron chi connectivity index (χ3n) is 2.10. The predicted octanol–water partition coefficient (Wildman–Crippen LogP) is 0.600. The normalized spacial score (nSPS) is 11.4. The number of methoxy groups -OCH3 is 1. The van der Waals surface area contributed by atoms with Crippen molar-refractivity contribution in [2.24, 2.45) is 5.73 Å². The first kappa shape index (κ1) is 12.0. The lowest BCUT2D eigenvalue weighted by Crippen LogP contribution is -2.09. The van der Waals surface area contributed by atoms with Crippen molar-refractivity contribution >= 4 is 9.84 Å². The summed E-state index contributed by atoms with van der Waals surface area (Å²) in [6.45, 7) is 0.392. The van der Waals surface area contributed by atoms with E-state index in [2.05, 4.69) is 0 Å². The fraction of sp³-hybridized carbons (Fsp3) is 0.400. The molecule has 0 saturated carbocycles. The van der Waals surface area contributed by atoms with Crippen LogP contribution in [0.4, 0.5) is 0 Å². The van der Waals surface area contributed by atoms with E-state index >= 15 is 0 Å². The van der Waals surface area contributed by atoms with E-state index in [-0.39, 0.29) is 0 Å². The van der Waals surface area contributed by atoms with Crippen molar-refractivity contribution in [3.63, 3.8) is 0 Å². The van der Waals surface area contributed by atoms with E-state index in [4.69, 9.17) is 10.5 Å². The first-order chi connectivity index (χ1) is 7.00. The van der Waals surface area contributed by atoms with E-state index in [1.165, 1.54) is 13.4 Å². The molecule has 0 atom stereocenters. The van der Waals surface area contributed by atoms with Gasteiger partial charge in [0.25, 0.3) is 0 Å². The first-order valence-corrected chi connectivity index (χ1v) is 6.46. The topological polar surface area (TPSA) is 69.4 Å². The fourth-order valence-corrected chi connectivity index (χ4v) is 2.45. The van der Waals surface area contributed by atoms with Crippen molar-refractivity contribution in [2.75, 3.05) is 19.9 Å². The standard InChI is InChI=1S/C10H15NO3S/c1-14-9-4-3-5-10(15(2,12)13)8(9)6-7-11/h3-5H,6-7,11H2,1-2H3. The molecule has 84 valence electrons. The third-order valence-corrected chi connectivity index (χ3v) is 3.29. The van der Waals surface area contributed by atoms with Crippen molar-refractivity contribution in [3.05, 3.63) is 23.8 Å². The number of rotatable bonds is 4. The summed E-state index contributed by atoms with van der Waals surface area (Å²) in [6.07, 6.45) is 1.67. The van der Waals surface area contributed by atoms with E-state index in [1.807, 2.05) is 0 Å². The molecule has 2 N–H and O–H groups in total. The van der Waals surface area contributed by atoms with Crippen LogP contribution < -0.4 is 10.5 Å². The second-order valence-corrected chi connectivity index (χ2v) is 5.23. The van der Waals surface area contributed by atoms with Crippen LogP contribution in [0.1, 0.15) is 5.56 Å². The Morgan fingerprint density at radius 3 is 2.53 bits per heavy atom. The molecule has 0 aromatic heterocycles. The van der Waals surface area contributed by atoms with Crippen LogP contribution in [0.25, 0.3) is 0 Å². The molecule has 15 heavy (non-hydrogen) atoms. The Kier molecular flexibility index (Phi) is 3.71. The molecule has 0 heterocycles. The minimum absolute atomic E-state index is 0.298. The number of hydrogen-bond acceptors (Lipinski definition) is 4. The van der Waals surface area contributed by atoms with Gasteiger partial charge in [-0.15, -0.1) is 0 Å². The van der Waals surface area contributed by atoms with Crippen LogP contribution in [0.3, 0.4) is 0 Å². The summed E-state index contributed by atoms with van der Waals surface area (Å²) in [5.74, 6) is 0.573. The number of hydrogen-bond donors (Lipinski definition) is 1. The molecule has 0 spiro atoms. The molecular formula is C10H15NO3S. The molecule has 0 radical (unpaired) electrons. The highest BCUT2D eigenvalue weighted by molar-refractivity contribution is 7.90. The van der Waals surface area contributed by atoms with Crippen LogP contribution in [0.15, 0.2) is 23.1 Å². The van der Waals surface area contributed by atoms with E-state index in [0.717, 1.165) is 0 Å². The maximum Gasteiger partial charge on any atom is 0.175 e. The third kappa shape index (κ3) is 2.70. The molecule has 0 amide bonds. The smallest absolute Gasteiger partial charge is 0.175 e. The number of ether oxygens (including phenoxy) is 1. The molecular weight excluding hydrogens is 214 g/mol. The van der Waals surface area contributed by atoms with Crippen molar-refractivity contribution < 1.29 is 13.2 Å². The van der Waals surface area contributed by atoms with Crippen LogP contribution in [0, 0.1) is 0 Å². The van der Waals surface area contributed by atoms with Gasteiger partial charge in [0.15, 0.2) is 9.84 Å². The number of sulfone groups is 1. The molecule has 4 nitrogen and oxygen atoms in total. The predicted molar refractivity (Wildman–Crippen MR) is 58.9 cm³/mol. The molecule has 0 aliphatic heterocycles. The van der Waals surface area contributed by atoms with E-state index < -0.39 is 9.84 Å². The van der Waals surface area contributed by atoms with E-state index in [0.29, 0.717) is 29.2 Å². The molecule has 1 aromatic carbocycles. The summed E-state index contributed by atoms with van der Waals surface area (Å²) < 4.78 is 28.1. The lowest BCUT2D eigenvalue weighted by atomic mass is 10.1.